The Morgan fingerprint density at radius 2 is 2.14 bits per heavy atom. The van der Waals surface area contributed by atoms with Crippen molar-refractivity contribution in [3.05, 3.63) is 47.4 Å². The van der Waals surface area contributed by atoms with E-state index in [9.17, 15) is 0 Å². The van der Waals surface area contributed by atoms with Crippen molar-refractivity contribution >= 4 is 12.1 Å². The lowest BCUT2D eigenvalue weighted by molar-refractivity contribution is -0.109. The Morgan fingerprint density at radius 3 is 2.64 bits per heavy atom. The number of furan rings is 1. The van der Waals surface area contributed by atoms with Crippen molar-refractivity contribution < 1.29 is 13.9 Å². The van der Waals surface area contributed by atoms with Crippen LogP contribution >= 0.6 is 0 Å². The molecule has 120 valence electrons. The molecule has 0 radical (unpaired) electrons. The van der Waals surface area contributed by atoms with Crippen molar-refractivity contribution in [2.45, 2.75) is 26.9 Å². The second kappa shape index (κ2) is 9.46. The molecule has 2 rings (SSSR count). The van der Waals surface area contributed by atoms with E-state index in [-0.39, 0.29) is 0 Å². The molecular formula is C16H23N3O3. The maximum Gasteiger partial charge on any atom is 0.221 e. The summed E-state index contributed by atoms with van der Waals surface area (Å²) in [5.74, 6) is 6.17. The Hall–Kier alpha value is -2.47. The number of carbonyl (C=O) groups excluding carboxylic acids is 1. The van der Waals surface area contributed by atoms with Gasteiger partial charge in [0, 0.05) is 7.05 Å². The van der Waals surface area contributed by atoms with Crippen molar-refractivity contribution in [2.75, 3.05) is 12.4 Å². The highest BCUT2D eigenvalue weighted by Crippen LogP contribution is 2.30. The first-order valence-corrected chi connectivity index (χ1v) is 7.02. The highest BCUT2D eigenvalue weighted by molar-refractivity contribution is 5.59. The second-order valence-corrected chi connectivity index (χ2v) is 4.56. The number of hydrogen-bond donors (Lipinski definition) is 3. The topological polar surface area (TPSA) is 89.5 Å². The van der Waals surface area contributed by atoms with E-state index >= 15 is 0 Å². The Labute approximate surface area is 130 Å². The maximum atomic E-state index is 8.94. The van der Waals surface area contributed by atoms with Gasteiger partial charge in [0.1, 0.15) is 18.1 Å². The predicted octanol–water partition coefficient (Wildman–Crippen LogP) is 2.38. The number of hydrogen-bond acceptors (Lipinski definition) is 5. The molecule has 0 atom stereocenters. The fourth-order valence-corrected chi connectivity index (χ4v) is 1.94. The number of hydrazine groups is 1. The van der Waals surface area contributed by atoms with Crippen LogP contribution in [0.25, 0.3) is 0 Å². The van der Waals surface area contributed by atoms with Crippen LogP contribution in [0.15, 0.2) is 34.9 Å². The third-order valence-corrected chi connectivity index (χ3v) is 2.96. The third-order valence-electron chi connectivity index (χ3n) is 2.96. The van der Waals surface area contributed by atoms with Crippen molar-refractivity contribution in [1.29, 1.82) is 0 Å². The lowest BCUT2D eigenvalue weighted by Gasteiger charge is -2.14. The number of para-hydroxylation sites is 1. The summed E-state index contributed by atoms with van der Waals surface area (Å²) < 4.78 is 11.3. The predicted molar refractivity (Wildman–Crippen MR) is 86.5 cm³/mol. The molecule has 2 aromatic rings. The number of aryl methyl sites for hydroxylation is 2. The molecular weight excluding hydrogens is 282 g/mol. The van der Waals surface area contributed by atoms with Gasteiger partial charge < -0.3 is 14.5 Å². The molecule has 4 N–H and O–H groups in total. The van der Waals surface area contributed by atoms with Crippen LogP contribution in [0.1, 0.15) is 23.8 Å². The number of nitrogens with two attached hydrogens (primary N) is 1. The highest BCUT2D eigenvalue weighted by atomic mass is 16.5. The van der Waals surface area contributed by atoms with E-state index in [1.165, 1.54) is 5.56 Å². The van der Waals surface area contributed by atoms with Gasteiger partial charge in [0.15, 0.2) is 0 Å². The fraction of sp³-hybridized carbons (Fsp3) is 0.312. The number of benzene rings is 1. The van der Waals surface area contributed by atoms with Gasteiger partial charge in [-0.25, -0.2) is 5.84 Å². The van der Waals surface area contributed by atoms with Crippen molar-refractivity contribution in [1.82, 2.24) is 5.43 Å². The number of rotatable bonds is 6. The van der Waals surface area contributed by atoms with E-state index in [2.05, 4.69) is 24.1 Å². The molecule has 6 heteroatoms. The summed E-state index contributed by atoms with van der Waals surface area (Å²) in [5, 5.41) is 3.16. The number of nitrogens with one attached hydrogen (secondary N) is 2. The number of amides is 1. The smallest absolute Gasteiger partial charge is 0.221 e. The van der Waals surface area contributed by atoms with E-state index in [1.54, 1.807) is 11.7 Å². The molecule has 0 aliphatic carbocycles. The number of anilines is 1. The standard InChI is InChI=1S/C15H19NO2.CH4N2O/c1-4-12-6-5-7-14(16-3)15(12)18-10-13-8-11(2)9-17-13;2-3-1-4/h5-9,16H,4,10H2,1-3H3;1H,2H2,(H,3,4). The van der Waals surface area contributed by atoms with Gasteiger partial charge in [0.05, 0.1) is 12.0 Å². The largest absolute Gasteiger partial charge is 0.483 e. The second-order valence-electron chi connectivity index (χ2n) is 4.56. The summed E-state index contributed by atoms with van der Waals surface area (Å²) >= 11 is 0. The van der Waals surface area contributed by atoms with Gasteiger partial charge in [0.25, 0.3) is 0 Å². The van der Waals surface area contributed by atoms with E-state index in [0.717, 1.165) is 29.2 Å². The molecule has 0 bridgehead atoms. The molecule has 0 spiro atoms. The SMILES string of the molecule is CCc1cccc(NC)c1OCc1cc(C)co1.NNC=O. The molecule has 1 heterocycles. The molecule has 1 aromatic carbocycles. The number of ether oxygens (including phenoxy) is 1. The Kier molecular flexibility index (Phi) is 7.56. The average Bonchev–Trinajstić information content (AvgIpc) is 2.98. The van der Waals surface area contributed by atoms with Crippen LogP contribution in [0.2, 0.25) is 0 Å². The first-order valence-electron chi connectivity index (χ1n) is 7.02. The zero-order valence-corrected chi connectivity index (χ0v) is 13.2. The summed E-state index contributed by atoms with van der Waals surface area (Å²) in [7, 11) is 1.90. The van der Waals surface area contributed by atoms with Crippen LogP contribution in [-0.4, -0.2) is 13.5 Å². The summed E-state index contributed by atoms with van der Waals surface area (Å²) in [4.78, 5) is 8.94. The van der Waals surface area contributed by atoms with Gasteiger partial charge in [-0.1, -0.05) is 19.1 Å². The highest BCUT2D eigenvalue weighted by Gasteiger charge is 2.09. The van der Waals surface area contributed by atoms with Crippen molar-refractivity contribution in [3.63, 3.8) is 0 Å². The van der Waals surface area contributed by atoms with Crippen LogP contribution in [0.3, 0.4) is 0 Å². The maximum absolute atomic E-state index is 8.94. The number of carbonyl (C=O) groups is 1. The van der Waals surface area contributed by atoms with E-state index in [1.807, 2.05) is 32.2 Å². The Balaban J connectivity index is 0.000000541. The first-order chi connectivity index (χ1) is 10.7. The van der Waals surface area contributed by atoms with Crippen LogP contribution in [0, 0.1) is 6.92 Å². The molecule has 1 aromatic heterocycles. The van der Waals surface area contributed by atoms with Gasteiger partial charge in [-0.2, -0.15) is 0 Å². The minimum Gasteiger partial charge on any atom is -0.483 e. The summed E-state index contributed by atoms with van der Waals surface area (Å²) in [6.45, 7) is 4.59. The molecule has 0 fully saturated rings. The minimum atomic E-state index is 0.403. The quantitative estimate of drug-likeness (QED) is 0.330. The van der Waals surface area contributed by atoms with E-state index < -0.39 is 0 Å². The summed E-state index contributed by atoms with van der Waals surface area (Å²) in [6.07, 6.45) is 3.09. The summed E-state index contributed by atoms with van der Waals surface area (Å²) in [6, 6.07) is 8.13. The van der Waals surface area contributed by atoms with Gasteiger partial charge in [-0.15, -0.1) is 0 Å². The van der Waals surface area contributed by atoms with E-state index in [0.29, 0.717) is 13.0 Å². The molecule has 22 heavy (non-hydrogen) atoms. The van der Waals surface area contributed by atoms with Gasteiger partial charge in [-0.3, -0.25) is 10.2 Å². The lowest BCUT2D eigenvalue weighted by atomic mass is 10.1. The normalized spacial score (nSPS) is 9.45. The third kappa shape index (κ3) is 5.14. The molecule has 1 amide bonds. The molecule has 0 aliphatic rings. The molecule has 6 nitrogen and oxygen atoms in total. The average molecular weight is 305 g/mol. The first kappa shape index (κ1) is 17.6. The van der Waals surface area contributed by atoms with Gasteiger partial charge in [-0.05, 0) is 36.6 Å². The monoisotopic (exact) mass is 305 g/mol. The van der Waals surface area contributed by atoms with Crippen LogP contribution in [0.5, 0.6) is 5.75 Å². The molecule has 0 saturated carbocycles. The van der Waals surface area contributed by atoms with Crippen LogP contribution in [-0.2, 0) is 17.8 Å². The molecule has 0 unspecified atom stereocenters. The Morgan fingerprint density at radius 1 is 1.41 bits per heavy atom. The van der Waals surface area contributed by atoms with Crippen molar-refractivity contribution in [3.8, 4) is 5.75 Å². The zero-order valence-electron chi connectivity index (χ0n) is 13.2. The molecule has 0 saturated heterocycles. The van der Waals surface area contributed by atoms with Crippen molar-refractivity contribution in [2.24, 2.45) is 5.84 Å². The zero-order chi connectivity index (χ0) is 16.4. The van der Waals surface area contributed by atoms with E-state index in [4.69, 9.17) is 13.9 Å². The molecule has 0 aliphatic heterocycles. The van der Waals surface area contributed by atoms with Gasteiger partial charge in [0.2, 0.25) is 6.41 Å². The lowest BCUT2D eigenvalue weighted by Crippen LogP contribution is -2.18. The van der Waals surface area contributed by atoms with Gasteiger partial charge >= 0.3 is 0 Å². The summed E-state index contributed by atoms with van der Waals surface area (Å²) in [5.41, 5.74) is 5.08. The minimum absolute atomic E-state index is 0.403. The van der Waals surface area contributed by atoms with Crippen LogP contribution in [0.4, 0.5) is 5.69 Å². The Bertz CT molecular complexity index is 560. The van der Waals surface area contributed by atoms with Crippen LogP contribution < -0.4 is 21.3 Å². The fourth-order valence-electron chi connectivity index (χ4n) is 1.94.